The summed E-state index contributed by atoms with van der Waals surface area (Å²) in [6, 6.07) is 9.78. The number of esters is 1. The summed E-state index contributed by atoms with van der Waals surface area (Å²) in [4.78, 5) is 25.6. The van der Waals surface area contributed by atoms with Gasteiger partial charge in [0.25, 0.3) is 6.43 Å². The van der Waals surface area contributed by atoms with E-state index in [-0.39, 0.29) is 35.6 Å². The summed E-state index contributed by atoms with van der Waals surface area (Å²) >= 11 is 0. The van der Waals surface area contributed by atoms with E-state index in [2.05, 4.69) is 20.3 Å². The number of ether oxygens (including phenoxy) is 1. The summed E-state index contributed by atoms with van der Waals surface area (Å²) in [6.07, 6.45) is 3.70. The maximum absolute atomic E-state index is 13.1. The Morgan fingerprint density at radius 2 is 1.85 bits per heavy atom. The Balaban J connectivity index is 1.40. The largest absolute Gasteiger partial charge is 0.464 e. The topological polar surface area (TPSA) is 131 Å². The molecule has 3 heterocycles. The van der Waals surface area contributed by atoms with Crippen molar-refractivity contribution in [2.75, 3.05) is 23.9 Å². The highest BCUT2D eigenvalue weighted by atomic mass is 32.2. The van der Waals surface area contributed by atoms with E-state index >= 15 is 0 Å². The van der Waals surface area contributed by atoms with Crippen LogP contribution in [-0.2, 0) is 25.0 Å². The van der Waals surface area contributed by atoms with Gasteiger partial charge in [-0.05, 0) is 87.4 Å². The third-order valence-corrected chi connectivity index (χ3v) is 8.30. The van der Waals surface area contributed by atoms with E-state index in [0.29, 0.717) is 48.5 Å². The van der Waals surface area contributed by atoms with Gasteiger partial charge in [0, 0.05) is 29.8 Å². The van der Waals surface area contributed by atoms with Crippen molar-refractivity contribution in [3.63, 3.8) is 0 Å². The molecule has 0 radical (unpaired) electrons. The molecule has 3 aromatic heterocycles. The van der Waals surface area contributed by atoms with Gasteiger partial charge in [0.1, 0.15) is 23.8 Å². The van der Waals surface area contributed by atoms with Crippen LogP contribution in [0.1, 0.15) is 55.9 Å². The van der Waals surface area contributed by atoms with E-state index in [9.17, 15) is 27.1 Å². The molecule has 1 aliphatic rings. The lowest BCUT2D eigenvalue weighted by molar-refractivity contribution is -0.150. The Morgan fingerprint density at radius 3 is 2.49 bits per heavy atom. The minimum absolute atomic E-state index is 0.120. The normalized spacial score (nSPS) is 19.0. The molecule has 1 saturated carbocycles. The fourth-order valence-corrected chi connectivity index (χ4v) is 5.40. The van der Waals surface area contributed by atoms with Crippen LogP contribution in [0.15, 0.2) is 48.8 Å². The molecule has 0 saturated heterocycles. The zero-order valence-electron chi connectivity index (χ0n) is 23.2. The average Bonchev–Trinajstić information content (AvgIpc) is 2.92. The van der Waals surface area contributed by atoms with Gasteiger partial charge < -0.3 is 15.2 Å². The maximum atomic E-state index is 13.1. The third-order valence-electron chi connectivity index (χ3n) is 7.39. The number of anilines is 2. The lowest BCUT2D eigenvalue weighted by Crippen LogP contribution is -2.37. The van der Waals surface area contributed by atoms with Crippen molar-refractivity contribution in [3.8, 4) is 11.3 Å². The monoisotopic (exact) mass is 588 g/mol. The molecule has 1 atom stereocenters. The number of carbonyl (C=O) groups is 1. The molecular formula is C29H34F2N4O5S. The number of hydrogen-bond acceptors (Lipinski definition) is 9. The smallest absolute Gasteiger partial charge is 0.308 e. The highest BCUT2D eigenvalue weighted by Crippen LogP contribution is 2.41. The third kappa shape index (κ3) is 8.04. The SMILES string of the molecule is Cc1cc(Nc2cc(C(F)F)ccn2)nc(-c2ccc([C@](C)(O)[C@H]3CC[C@H](C(=O)OCCS(C)(=O)=O)CC3)nc2)c1. The zero-order chi connectivity index (χ0) is 29.8. The number of hydrogen-bond donors (Lipinski definition) is 2. The number of nitrogens with one attached hydrogen (secondary N) is 1. The molecule has 1 fully saturated rings. The standard InChI is InChI=1S/C29H34F2N4O5S/c1-18-14-23(34-26(15-18)35-25-16-20(27(30)31)10-11-32-25)21-6-9-24(33-17-21)29(2,37)22-7-4-19(5-8-22)28(36)40-12-13-41(3,38)39/h6,9-11,14-17,19,22,27,37H,4-5,7-8,12-13H2,1-3H3,(H,32,34,35)/t19-,22-,29-/m1/s1. The van der Waals surface area contributed by atoms with Gasteiger partial charge in [0.2, 0.25) is 0 Å². The van der Waals surface area contributed by atoms with Crippen molar-refractivity contribution < 1.29 is 31.8 Å². The Bertz CT molecular complexity index is 1470. The van der Waals surface area contributed by atoms with Crippen molar-refractivity contribution in [2.45, 2.75) is 51.6 Å². The molecule has 0 aromatic carbocycles. The molecular weight excluding hydrogens is 554 g/mol. The second-order valence-corrected chi connectivity index (χ2v) is 13.0. The van der Waals surface area contributed by atoms with Crippen molar-refractivity contribution in [2.24, 2.45) is 11.8 Å². The van der Waals surface area contributed by atoms with Gasteiger partial charge in [-0.15, -0.1) is 0 Å². The summed E-state index contributed by atoms with van der Waals surface area (Å²) in [5.74, 6) is -0.334. The predicted octanol–water partition coefficient (Wildman–Crippen LogP) is 5.13. The highest BCUT2D eigenvalue weighted by Gasteiger charge is 2.39. The van der Waals surface area contributed by atoms with E-state index in [1.54, 1.807) is 25.3 Å². The molecule has 9 nitrogen and oxygen atoms in total. The number of alkyl halides is 2. The Kier molecular flexibility index (Phi) is 9.33. The van der Waals surface area contributed by atoms with Crippen LogP contribution >= 0.6 is 0 Å². The molecule has 2 N–H and O–H groups in total. The minimum atomic E-state index is -3.20. The summed E-state index contributed by atoms with van der Waals surface area (Å²) in [6.45, 7) is 3.46. The van der Waals surface area contributed by atoms with E-state index in [1.807, 2.05) is 19.1 Å². The van der Waals surface area contributed by atoms with Crippen LogP contribution in [0.2, 0.25) is 0 Å². The number of nitrogens with zero attached hydrogens (tertiary/aromatic N) is 3. The summed E-state index contributed by atoms with van der Waals surface area (Å²) < 4.78 is 53.8. The molecule has 0 bridgehead atoms. The van der Waals surface area contributed by atoms with E-state index in [0.717, 1.165) is 11.8 Å². The van der Waals surface area contributed by atoms with Crippen LogP contribution < -0.4 is 5.32 Å². The Labute approximate surface area is 238 Å². The van der Waals surface area contributed by atoms with Gasteiger partial charge >= 0.3 is 5.97 Å². The van der Waals surface area contributed by atoms with Crippen LogP contribution in [0.4, 0.5) is 20.4 Å². The van der Waals surface area contributed by atoms with Crippen LogP contribution in [0.5, 0.6) is 0 Å². The number of pyridine rings is 3. The number of aliphatic hydroxyl groups is 1. The van der Waals surface area contributed by atoms with Crippen LogP contribution in [-0.4, -0.2) is 53.1 Å². The lowest BCUT2D eigenvalue weighted by Gasteiger charge is -2.37. The first-order valence-corrected chi connectivity index (χ1v) is 15.4. The van der Waals surface area contributed by atoms with Gasteiger partial charge in [-0.1, -0.05) is 0 Å². The molecule has 41 heavy (non-hydrogen) atoms. The van der Waals surface area contributed by atoms with E-state index in [1.165, 1.54) is 18.3 Å². The zero-order valence-corrected chi connectivity index (χ0v) is 24.0. The molecule has 12 heteroatoms. The second-order valence-electron chi connectivity index (χ2n) is 10.7. The van der Waals surface area contributed by atoms with Crippen molar-refractivity contribution >= 4 is 27.4 Å². The fraction of sp³-hybridized carbons (Fsp3) is 0.448. The summed E-state index contributed by atoms with van der Waals surface area (Å²) in [7, 11) is -3.20. The number of sulfone groups is 1. The van der Waals surface area contributed by atoms with Crippen LogP contribution in [0.25, 0.3) is 11.3 Å². The molecule has 0 spiro atoms. The van der Waals surface area contributed by atoms with Gasteiger partial charge in [0.15, 0.2) is 9.84 Å². The predicted molar refractivity (Wildman–Crippen MR) is 150 cm³/mol. The van der Waals surface area contributed by atoms with E-state index < -0.39 is 27.8 Å². The first kappa shape index (κ1) is 30.4. The summed E-state index contributed by atoms with van der Waals surface area (Å²) in [5.41, 5.74) is 1.36. The number of aryl methyl sites for hydroxylation is 1. The first-order chi connectivity index (χ1) is 19.3. The number of carbonyl (C=O) groups excluding carboxylic acids is 1. The Hall–Kier alpha value is -3.51. The Morgan fingerprint density at radius 1 is 1.12 bits per heavy atom. The van der Waals surface area contributed by atoms with Crippen LogP contribution in [0, 0.1) is 18.8 Å². The van der Waals surface area contributed by atoms with Crippen molar-refractivity contribution in [3.05, 3.63) is 65.6 Å². The molecule has 4 rings (SSSR count). The molecule has 0 unspecified atom stereocenters. The van der Waals surface area contributed by atoms with Gasteiger partial charge in [-0.3, -0.25) is 9.78 Å². The van der Waals surface area contributed by atoms with Gasteiger partial charge in [-0.2, -0.15) is 0 Å². The van der Waals surface area contributed by atoms with E-state index in [4.69, 9.17) is 4.74 Å². The summed E-state index contributed by atoms with van der Waals surface area (Å²) in [5, 5.41) is 14.4. The first-order valence-electron chi connectivity index (χ1n) is 13.4. The fourth-order valence-electron chi connectivity index (χ4n) is 5.02. The lowest BCUT2D eigenvalue weighted by atomic mass is 9.73. The maximum Gasteiger partial charge on any atom is 0.308 e. The van der Waals surface area contributed by atoms with Crippen molar-refractivity contribution in [1.29, 1.82) is 0 Å². The van der Waals surface area contributed by atoms with Crippen molar-refractivity contribution in [1.82, 2.24) is 15.0 Å². The average molecular weight is 589 g/mol. The second kappa shape index (κ2) is 12.6. The van der Waals surface area contributed by atoms with Gasteiger partial charge in [-0.25, -0.2) is 27.2 Å². The molecule has 220 valence electrons. The number of rotatable bonds is 10. The van der Waals surface area contributed by atoms with Crippen LogP contribution in [0.3, 0.4) is 0 Å². The number of aromatic nitrogens is 3. The quantitative estimate of drug-likeness (QED) is 0.310. The molecule has 3 aromatic rings. The minimum Gasteiger partial charge on any atom is -0.464 e. The number of halogens is 2. The van der Waals surface area contributed by atoms with Gasteiger partial charge in [0.05, 0.1) is 23.1 Å². The molecule has 0 amide bonds. The molecule has 0 aliphatic heterocycles. The highest BCUT2D eigenvalue weighted by molar-refractivity contribution is 7.90. The molecule has 1 aliphatic carbocycles.